The van der Waals surface area contributed by atoms with Crippen molar-refractivity contribution in [3.8, 4) is 11.8 Å². The van der Waals surface area contributed by atoms with Crippen LogP contribution in [0, 0.1) is 11.8 Å². The Morgan fingerprint density at radius 2 is 1.50 bits per heavy atom. The highest BCUT2D eigenvalue weighted by Crippen LogP contribution is 2.23. The average Bonchev–Trinajstić information content (AvgIpc) is 2.44. The number of nitrogens with zero attached hydrogens (tertiary/aromatic N) is 1. The summed E-state index contributed by atoms with van der Waals surface area (Å²) in [5.74, 6) is 4.97. The van der Waals surface area contributed by atoms with Crippen molar-refractivity contribution in [2.24, 2.45) is 4.99 Å². The Bertz CT molecular complexity index is 650. The van der Waals surface area contributed by atoms with Crippen LogP contribution in [-0.4, -0.2) is 11.1 Å². The lowest BCUT2D eigenvalue weighted by molar-refractivity contribution is 0.177. The number of alkyl halides is 3. The van der Waals surface area contributed by atoms with Gasteiger partial charge < -0.3 is 0 Å². The van der Waals surface area contributed by atoms with Crippen molar-refractivity contribution < 1.29 is 8.78 Å². The van der Waals surface area contributed by atoms with Gasteiger partial charge in [-0.25, -0.2) is 4.99 Å². The third-order valence-electron chi connectivity index (χ3n) is 2.36. The number of hydrogen-bond acceptors (Lipinski definition) is 1. The monoisotopic (exact) mass is 289 g/mol. The fraction of sp³-hybridized carbons (Fsp3) is 0.0625. The Labute approximate surface area is 120 Å². The van der Waals surface area contributed by atoms with Gasteiger partial charge in [-0.1, -0.05) is 42.3 Å². The second-order valence-corrected chi connectivity index (χ2v) is 4.38. The lowest BCUT2D eigenvalue weighted by Crippen LogP contribution is -2.19. The van der Waals surface area contributed by atoms with Crippen molar-refractivity contribution in [3.63, 3.8) is 0 Å². The highest BCUT2D eigenvalue weighted by molar-refractivity contribution is 6.37. The van der Waals surface area contributed by atoms with Crippen LogP contribution in [0.2, 0.25) is 0 Å². The Balaban J connectivity index is 2.36. The molecule has 20 heavy (non-hydrogen) atoms. The molecule has 0 aliphatic carbocycles. The van der Waals surface area contributed by atoms with Gasteiger partial charge in [0.1, 0.15) is 0 Å². The van der Waals surface area contributed by atoms with Crippen LogP contribution in [0.15, 0.2) is 65.7 Å². The van der Waals surface area contributed by atoms with Gasteiger partial charge in [-0.3, -0.25) is 0 Å². The van der Waals surface area contributed by atoms with Gasteiger partial charge in [0.2, 0.25) is 0 Å². The van der Waals surface area contributed by atoms with Crippen LogP contribution in [-0.2, 0) is 0 Å². The molecule has 0 bridgehead atoms. The van der Waals surface area contributed by atoms with E-state index in [2.05, 4.69) is 16.8 Å². The van der Waals surface area contributed by atoms with Crippen LogP contribution < -0.4 is 0 Å². The summed E-state index contributed by atoms with van der Waals surface area (Å²) in [7, 11) is 0. The minimum absolute atomic E-state index is 0.380. The van der Waals surface area contributed by atoms with Crippen LogP contribution in [0.4, 0.5) is 14.5 Å². The van der Waals surface area contributed by atoms with E-state index >= 15 is 0 Å². The SMILES string of the molecule is FC(F)(Cl)C(C#Cc1ccccc1)=Nc1ccccc1. The maximum atomic E-state index is 13.3. The molecule has 0 fully saturated rings. The zero-order valence-corrected chi connectivity index (χ0v) is 11.1. The summed E-state index contributed by atoms with van der Waals surface area (Å²) in [6, 6.07) is 17.2. The van der Waals surface area contributed by atoms with Crippen molar-refractivity contribution >= 4 is 23.0 Å². The predicted octanol–water partition coefficient (Wildman–Crippen LogP) is 4.64. The fourth-order valence-electron chi connectivity index (χ4n) is 1.45. The summed E-state index contributed by atoms with van der Waals surface area (Å²) in [4.78, 5) is 3.81. The summed E-state index contributed by atoms with van der Waals surface area (Å²) in [5, 5.41) is -3.60. The molecule has 0 spiro atoms. The third kappa shape index (κ3) is 4.18. The topological polar surface area (TPSA) is 12.4 Å². The molecule has 0 unspecified atom stereocenters. The predicted molar refractivity (Wildman–Crippen MR) is 77.7 cm³/mol. The molecule has 2 rings (SSSR count). The highest BCUT2D eigenvalue weighted by Gasteiger charge is 2.32. The normalized spacial score (nSPS) is 11.7. The zero-order chi connectivity index (χ0) is 14.4. The second-order valence-electron chi connectivity index (χ2n) is 3.91. The van der Waals surface area contributed by atoms with Crippen molar-refractivity contribution in [3.05, 3.63) is 66.2 Å². The van der Waals surface area contributed by atoms with Crippen LogP contribution in [0.25, 0.3) is 0 Å². The molecule has 0 aliphatic rings. The fourth-order valence-corrected chi connectivity index (χ4v) is 1.54. The minimum Gasteiger partial charge on any atom is -0.237 e. The molecule has 2 aromatic carbocycles. The molecular formula is C16H10ClF2N. The number of halogens is 3. The second kappa shape index (κ2) is 6.31. The van der Waals surface area contributed by atoms with Crippen LogP contribution in [0.5, 0.6) is 0 Å². The van der Waals surface area contributed by atoms with Gasteiger partial charge in [0.15, 0.2) is 5.71 Å². The smallest absolute Gasteiger partial charge is 0.237 e. The highest BCUT2D eigenvalue weighted by atomic mass is 35.5. The molecule has 0 atom stereocenters. The van der Waals surface area contributed by atoms with Crippen LogP contribution in [0.3, 0.4) is 0 Å². The van der Waals surface area contributed by atoms with Gasteiger partial charge in [-0.2, -0.15) is 8.78 Å². The summed E-state index contributed by atoms with van der Waals surface area (Å²) in [6.07, 6.45) is 0. The van der Waals surface area contributed by atoms with E-state index in [0.29, 0.717) is 11.3 Å². The average molecular weight is 290 g/mol. The van der Waals surface area contributed by atoms with Crippen molar-refractivity contribution in [1.29, 1.82) is 0 Å². The van der Waals surface area contributed by atoms with E-state index in [4.69, 9.17) is 11.6 Å². The van der Waals surface area contributed by atoms with E-state index in [9.17, 15) is 8.78 Å². The maximum absolute atomic E-state index is 13.3. The Hall–Kier alpha value is -2.18. The van der Waals surface area contributed by atoms with Crippen molar-refractivity contribution in [2.45, 2.75) is 5.38 Å². The van der Waals surface area contributed by atoms with Crippen LogP contribution in [0.1, 0.15) is 5.56 Å². The molecule has 0 saturated carbocycles. The van der Waals surface area contributed by atoms with Gasteiger partial charge >= 0.3 is 5.38 Å². The first kappa shape index (κ1) is 14.2. The minimum atomic E-state index is -3.60. The van der Waals surface area contributed by atoms with Gasteiger partial charge in [0.05, 0.1) is 5.69 Å². The molecule has 4 heteroatoms. The molecule has 1 nitrogen and oxygen atoms in total. The van der Waals surface area contributed by atoms with E-state index in [1.807, 2.05) is 6.07 Å². The molecule has 2 aromatic rings. The lowest BCUT2D eigenvalue weighted by Gasteiger charge is -2.05. The number of para-hydroxylation sites is 1. The molecule has 0 aromatic heterocycles. The number of benzene rings is 2. The number of rotatable bonds is 2. The first-order chi connectivity index (χ1) is 9.55. The van der Waals surface area contributed by atoms with Crippen LogP contribution >= 0.6 is 11.6 Å². The summed E-state index contributed by atoms with van der Waals surface area (Å²) >= 11 is 5.05. The molecule has 0 heterocycles. The largest absolute Gasteiger partial charge is 0.372 e. The summed E-state index contributed by atoms with van der Waals surface area (Å²) < 4.78 is 26.6. The van der Waals surface area contributed by atoms with Crippen molar-refractivity contribution in [1.82, 2.24) is 0 Å². The number of hydrogen-bond donors (Lipinski definition) is 0. The van der Waals surface area contributed by atoms with E-state index < -0.39 is 11.1 Å². The van der Waals surface area contributed by atoms with Crippen molar-refractivity contribution in [2.75, 3.05) is 0 Å². The maximum Gasteiger partial charge on any atom is 0.372 e. The van der Waals surface area contributed by atoms with E-state index in [1.165, 1.54) is 0 Å². The summed E-state index contributed by atoms with van der Waals surface area (Å²) in [5.41, 5.74) is 0.327. The lowest BCUT2D eigenvalue weighted by atomic mass is 10.2. The van der Waals surface area contributed by atoms with E-state index in [-0.39, 0.29) is 0 Å². The zero-order valence-electron chi connectivity index (χ0n) is 10.4. The Kier molecular flexibility index (Phi) is 4.49. The first-order valence-corrected chi connectivity index (χ1v) is 6.21. The number of aliphatic imine (C=N–C) groups is 1. The Morgan fingerprint density at radius 3 is 2.05 bits per heavy atom. The quantitative estimate of drug-likeness (QED) is 0.434. The van der Waals surface area contributed by atoms with E-state index in [1.54, 1.807) is 54.6 Å². The molecule has 0 amide bonds. The third-order valence-corrected chi connectivity index (χ3v) is 2.54. The molecule has 0 aliphatic heterocycles. The van der Waals surface area contributed by atoms with Gasteiger partial charge in [-0.15, -0.1) is 0 Å². The molecular weight excluding hydrogens is 280 g/mol. The molecule has 100 valence electrons. The Morgan fingerprint density at radius 1 is 0.950 bits per heavy atom. The summed E-state index contributed by atoms with van der Waals surface area (Å²) in [6.45, 7) is 0. The van der Waals surface area contributed by atoms with Gasteiger partial charge in [-0.05, 0) is 41.8 Å². The standard InChI is InChI=1S/C16H10ClF2N/c17-16(18,19)15(20-14-9-5-2-6-10-14)12-11-13-7-3-1-4-8-13/h1-10H. The van der Waals surface area contributed by atoms with Gasteiger partial charge in [0, 0.05) is 5.56 Å². The first-order valence-electron chi connectivity index (χ1n) is 5.84. The molecule has 0 radical (unpaired) electrons. The molecule has 0 saturated heterocycles. The molecule has 0 N–H and O–H groups in total. The van der Waals surface area contributed by atoms with E-state index in [0.717, 1.165) is 0 Å². The van der Waals surface area contributed by atoms with Gasteiger partial charge in [0.25, 0.3) is 0 Å².